The normalized spacial score (nSPS) is 14.6. The molecule has 0 unspecified atom stereocenters. The number of aromatic nitrogens is 2. The van der Waals surface area contributed by atoms with Crippen LogP contribution in [-0.2, 0) is 0 Å². The number of hydrogen-bond acceptors (Lipinski definition) is 3. The van der Waals surface area contributed by atoms with E-state index in [1.54, 1.807) is 6.07 Å². The number of carbonyl (C=O) groups excluding carboxylic acids is 1. The molecule has 0 radical (unpaired) electrons. The van der Waals surface area contributed by atoms with Crippen LogP contribution in [-0.4, -0.2) is 28.8 Å². The maximum absolute atomic E-state index is 14.0. The van der Waals surface area contributed by atoms with Crippen LogP contribution < -0.4 is 10.6 Å². The van der Waals surface area contributed by atoms with E-state index in [4.69, 9.17) is 0 Å². The summed E-state index contributed by atoms with van der Waals surface area (Å²) in [4.78, 5) is 12.9. The molecule has 1 amide bonds. The largest absolute Gasteiger partial charge is 0.317 e. The minimum absolute atomic E-state index is 0.0281. The van der Waals surface area contributed by atoms with E-state index < -0.39 is 40.7 Å². The second-order valence-corrected chi connectivity index (χ2v) is 7.16. The third-order valence-corrected chi connectivity index (χ3v) is 5.18. The van der Waals surface area contributed by atoms with Gasteiger partial charge in [-0.1, -0.05) is 6.07 Å². The Morgan fingerprint density at radius 3 is 2.35 bits per heavy atom. The lowest BCUT2D eigenvalue weighted by atomic mass is 9.91. The standard InChI is InChI=1S/C21H17F5N4O/c22-12-2-1-3-13(8-12)30-20(11-4-6-27-7-5-11)14(10-28-30)21(31)29-19-17(25)15(23)9-16(24)18(19)26/h1-3,8-11,27H,4-7H2,(H,29,31). The Kier molecular flexibility index (Phi) is 5.73. The van der Waals surface area contributed by atoms with E-state index in [9.17, 15) is 26.7 Å². The third kappa shape index (κ3) is 4.02. The number of hydrogen-bond donors (Lipinski definition) is 2. The van der Waals surface area contributed by atoms with E-state index >= 15 is 0 Å². The summed E-state index contributed by atoms with van der Waals surface area (Å²) in [5.74, 6) is -8.35. The number of nitrogens with zero attached hydrogens (tertiary/aromatic N) is 2. The van der Waals surface area contributed by atoms with Gasteiger partial charge in [0.05, 0.1) is 23.1 Å². The Morgan fingerprint density at radius 2 is 1.71 bits per heavy atom. The fourth-order valence-corrected chi connectivity index (χ4v) is 3.70. The third-order valence-electron chi connectivity index (χ3n) is 5.18. The Balaban J connectivity index is 1.77. The zero-order chi connectivity index (χ0) is 22.1. The quantitative estimate of drug-likeness (QED) is 0.474. The van der Waals surface area contributed by atoms with Gasteiger partial charge in [-0.05, 0) is 44.1 Å². The number of halogens is 5. The number of nitrogens with one attached hydrogen (secondary N) is 2. The first-order valence-electron chi connectivity index (χ1n) is 9.55. The van der Waals surface area contributed by atoms with Crippen molar-refractivity contribution in [2.24, 2.45) is 0 Å². The molecule has 1 saturated heterocycles. The van der Waals surface area contributed by atoms with Crippen LogP contribution in [0, 0.1) is 29.1 Å². The predicted octanol–water partition coefficient (Wildman–Crippen LogP) is 4.29. The molecule has 1 aromatic heterocycles. The minimum Gasteiger partial charge on any atom is -0.317 e. The summed E-state index contributed by atoms with van der Waals surface area (Å²) in [5.41, 5.74) is -0.471. The predicted molar refractivity (Wildman–Crippen MR) is 103 cm³/mol. The molecule has 2 N–H and O–H groups in total. The lowest BCUT2D eigenvalue weighted by molar-refractivity contribution is 0.102. The highest BCUT2D eigenvalue weighted by Gasteiger charge is 2.29. The summed E-state index contributed by atoms with van der Waals surface area (Å²) in [6.45, 7) is 1.33. The van der Waals surface area contributed by atoms with Gasteiger partial charge >= 0.3 is 0 Å². The second-order valence-electron chi connectivity index (χ2n) is 7.16. The molecule has 162 valence electrons. The van der Waals surface area contributed by atoms with Crippen LogP contribution in [0.5, 0.6) is 0 Å². The zero-order valence-electron chi connectivity index (χ0n) is 16.1. The van der Waals surface area contributed by atoms with Crippen molar-refractivity contribution in [3.05, 3.63) is 76.9 Å². The van der Waals surface area contributed by atoms with Crippen molar-refractivity contribution in [2.75, 3.05) is 18.4 Å². The number of carbonyl (C=O) groups is 1. The highest BCUT2D eigenvalue weighted by molar-refractivity contribution is 6.05. The minimum atomic E-state index is -1.71. The van der Waals surface area contributed by atoms with E-state index in [0.29, 0.717) is 37.3 Å². The number of amides is 1. The molecule has 0 atom stereocenters. The first-order chi connectivity index (χ1) is 14.9. The van der Waals surface area contributed by atoms with Crippen LogP contribution >= 0.6 is 0 Å². The average Bonchev–Trinajstić information content (AvgIpc) is 3.21. The van der Waals surface area contributed by atoms with Crippen LogP contribution in [0.3, 0.4) is 0 Å². The van der Waals surface area contributed by atoms with Gasteiger partial charge in [-0.25, -0.2) is 26.6 Å². The van der Waals surface area contributed by atoms with Crippen LogP contribution in [0.25, 0.3) is 5.69 Å². The molecule has 0 bridgehead atoms. The topological polar surface area (TPSA) is 59.0 Å². The van der Waals surface area contributed by atoms with Crippen molar-refractivity contribution in [1.82, 2.24) is 15.1 Å². The molecule has 1 fully saturated rings. The fraction of sp³-hybridized carbons (Fsp3) is 0.238. The van der Waals surface area contributed by atoms with Gasteiger partial charge in [-0.3, -0.25) is 4.79 Å². The molecule has 4 rings (SSSR count). The molecule has 0 saturated carbocycles. The smallest absolute Gasteiger partial charge is 0.259 e. The van der Waals surface area contributed by atoms with Crippen molar-refractivity contribution in [2.45, 2.75) is 18.8 Å². The summed E-state index contributed by atoms with van der Waals surface area (Å²) in [5, 5.41) is 9.29. The molecule has 2 aromatic carbocycles. The molecular weight excluding hydrogens is 419 g/mol. The van der Waals surface area contributed by atoms with Gasteiger partial charge in [0.15, 0.2) is 23.3 Å². The molecule has 0 spiro atoms. The van der Waals surface area contributed by atoms with Crippen LogP contribution in [0.4, 0.5) is 27.6 Å². The summed E-state index contributed by atoms with van der Waals surface area (Å²) in [7, 11) is 0. The van der Waals surface area contributed by atoms with E-state index in [1.165, 1.54) is 29.1 Å². The number of piperidine rings is 1. The van der Waals surface area contributed by atoms with E-state index in [2.05, 4.69) is 10.4 Å². The van der Waals surface area contributed by atoms with E-state index in [0.717, 1.165) is 0 Å². The maximum Gasteiger partial charge on any atom is 0.259 e. The summed E-state index contributed by atoms with van der Waals surface area (Å²) >= 11 is 0. The lowest BCUT2D eigenvalue weighted by Gasteiger charge is -2.24. The number of benzene rings is 2. The Morgan fingerprint density at radius 1 is 1.03 bits per heavy atom. The second kappa shape index (κ2) is 8.46. The van der Waals surface area contributed by atoms with Gasteiger partial charge in [0.25, 0.3) is 5.91 Å². The number of rotatable bonds is 4. The van der Waals surface area contributed by atoms with E-state index in [-0.39, 0.29) is 17.5 Å². The molecule has 10 heteroatoms. The van der Waals surface area contributed by atoms with Gasteiger partial charge in [0, 0.05) is 12.0 Å². The molecule has 0 aliphatic carbocycles. The molecule has 1 aliphatic rings. The summed E-state index contributed by atoms with van der Waals surface area (Å²) in [6, 6.07) is 5.64. The van der Waals surface area contributed by atoms with Gasteiger partial charge in [-0.15, -0.1) is 0 Å². The molecule has 31 heavy (non-hydrogen) atoms. The highest BCUT2D eigenvalue weighted by atomic mass is 19.2. The first kappa shape index (κ1) is 21.0. The van der Waals surface area contributed by atoms with Crippen molar-refractivity contribution in [3.63, 3.8) is 0 Å². The van der Waals surface area contributed by atoms with Crippen molar-refractivity contribution < 1.29 is 26.7 Å². The summed E-state index contributed by atoms with van der Waals surface area (Å²) in [6.07, 6.45) is 2.46. The Bertz CT molecular complexity index is 1110. The zero-order valence-corrected chi connectivity index (χ0v) is 16.1. The Hall–Kier alpha value is -3.27. The average molecular weight is 436 g/mol. The van der Waals surface area contributed by atoms with Crippen molar-refractivity contribution in [3.8, 4) is 5.69 Å². The van der Waals surface area contributed by atoms with Crippen molar-refractivity contribution >= 4 is 11.6 Å². The molecule has 5 nitrogen and oxygen atoms in total. The molecular formula is C21H17F5N4O. The van der Waals surface area contributed by atoms with Gasteiger partial charge in [-0.2, -0.15) is 5.10 Å². The van der Waals surface area contributed by atoms with Crippen molar-refractivity contribution in [1.29, 1.82) is 0 Å². The van der Waals surface area contributed by atoms with E-state index in [1.807, 2.05) is 5.32 Å². The molecule has 2 heterocycles. The summed E-state index contributed by atoms with van der Waals surface area (Å²) < 4.78 is 70.2. The van der Waals surface area contributed by atoms with Crippen LogP contribution in [0.1, 0.15) is 34.8 Å². The van der Waals surface area contributed by atoms with Gasteiger partial charge < -0.3 is 10.6 Å². The van der Waals surface area contributed by atoms with Crippen LogP contribution in [0.2, 0.25) is 0 Å². The lowest BCUT2D eigenvalue weighted by Crippen LogP contribution is -2.29. The number of anilines is 1. The van der Waals surface area contributed by atoms with Crippen LogP contribution in [0.15, 0.2) is 36.5 Å². The fourth-order valence-electron chi connectivity index (χ4n) is 3.70. The monoisotopic (exact) mass is 436 g/mol. The molecule has 1 aliphatic heterocycles. The van der Waals surface area contributed by atoms with Gasteiger partial charge in [0.2, 0.25) is 0 Å². The Labute approximate surface area is 173 Å². The first-order valence-corrected chi connectivity index (χ1v) is 9.55. The van der Waals surface area contributed by atoms with Gasteiger partial charge in [0.1, 0.15) is 11.5 Å². The maximum atomic E-state index is 14.0. The molecule has 3 aromatic rings. The SMILES string of the molecule is O=C(Nc1c(F)c(F)cc(F)c1F)c1cnn(-c2cccc(F)c2)c1C1CCNCC1. The highest BCUT2D eigenvalue weighted by Crippen LogP contribution is 2.32.